The second-order valence-corrected chi connectivity index (χ2v) is 6.19. The molecule has 2 rings (SSSR count). The summed E-state index contributed by atoms with van der Waals surface area (Å²) in [6.45, 7) is 3.48. The summed E-state index contributed by atoms with van der Waals surface area (Å²) in [5.41, 5.74) is 1.88. The monoisotopic (exact) mass is 291 g/mol. The molecule has 3 N–H and O–H groups in total. The van der Waals surface area contributed by atoms with Gasteiger partial charge in [0, 0.05) is 6.54 Å². The third kappa shape index (κ3) is 4.55. The third-order valence-electron chi connectivity index (χ3n) is 4.55. The molecule has 0 saturated heterocycles. The summed E-state index contributed by atoms with van der Waals surface area (Å²) in [6.07, 6.45) is 3.24. The molecular formula is C17H25NO3. The molecule has 1 fully saturated rings. The first kappa shape index (κ1) is 16.0. The van der Waals surface area contributed by atoms with Crippen LogP contribution in [0.15, 0.2) is 24.3 Å². The summed E-state index contributed by atoms with van der Waals surface area (Å²) in [4.78, 5) is 10.9. The van der Waals surface area contributed by atoms with Crippen molar-refractivity contribution in [3.8, 4) is 0 Å². The number of nitrogens with one attached hydrogen (secondary N) is 1. The molecule has 1 aromatic rings. The Bertz CT molecular complexity index is 479. The maximum Gasteiger partial charge on any atom is 0.306 e. The van der Waals surface area contributed by atoms with E-state index < -0.39 is 11.6 Å². The number of carboxylic acid groups (broad SMARTS) is 1. The van der Waals surface area contributed by atoms with E-state index in [9.17, 15) is 9.90 Å². The van der Waals surface area contributed by atoms with Crippen molar-refractivity contribution >= 4 is 5.97 Å². The minimum Gasteiger partial charge on any atom is -0.481 e. The molecule has 0 atom stereocenters. The van der Waals surface area contributed by atoms with E-state index >= 15 is 0 Å². The van der Waals surface area contributed by atoms with Crippen molar-refractivity contribution < 1.29 is 15.0 Å². The molecular weight excluding hydrogens is 266 g/mol. The van der Waals surface area contributed by atoms with Gasteiger partial charge < -0.3 is 15.5 Å². The van der Waals surface area contributed by atoms with Crippen molar-refractivity contribution in [2.75, 3.05) is 13.1 Å². The molecule has 4 heteroatoms. The molecule has 0 aromatic heterocycles. The molecule has 0 heterocycles. The second kappa shape index (κ2) is 7.05. The molecule has 0 amide bonds. The fourth-order valence-electron chi connectivity index (χ4n) is 3.01. The van der Waals surface area contributed by atoms with Crippen LogP contribution in [0.25, 0.3) is 0 Å². The Labute approximate surface area is 126 Å². The van der Waals surface area contributed by atoms with E-state index in [1.165, 1.54) is 11.1 Å². The van der Waals surface area contributed by atoms with Crippen molar-refractivity contribution in [1.29, 1.82) is 0 Å². The number of rotatable bonds is 6. The van der Waals surface area contributed by atoms with Crippen LogP contribution < -0.4 is 5.32 Å². The van der Waals surface area contributed by atoms with Gasteiger partial charge in [0.1, 0.15) is 0 Å². The normalized spacial score (nSPS) is 25.7. The van der Waals surface area contributed by atoms with Crippen molar-refractivity contribution in [1.82, 2.24) is 5.32 Å². The molecule has 1 aromatic carbocycles. The fourth-order valence-corrected chi connectivity index (χ4v) is 3.01. The van der Waals surface area contributed by atoms with Gasteiger partial charge >= 0.3 is 5.97 Å². The lowest BCUT2D eigenvalue weighted by Gasteiger charge is -2.34. The minimum atomic E-state index is -0.738. The molecule has 0 radical (unpaired) electrons. The van der Waals surface area contributed by atoms with E-state index in [1.54, 1.807) is 0 Å². The molecule has 0 aliphatic heterocycles. The number of carbonyl (C=O) groups is 1. The molecule has 116 valence electrons. The van der Waals surface area contributed by atoms with Crippen LogP contribution in [0.5, 0.6) is 0 Å². The first-order chi connectivity index (χ1) is 10.0. The Balaban J connectivity index is 1.71. The van der Waals surface area contributed by atoms with Gasteiger partial charge in [-0.1, -0.05) is 24.3 Å². The van der Waals surface area contributed by atoms with Crippen molar-refractivity contribution in [2.45, 2.75) is 44.6 Å². The first-order valence-corrected chi connectivity index (χ1v) is 7.71. The smallest absolute Gasteiger partial charge is 0.306 e. The largest absolute Gasteiger partial charge is 0.481 e. The van der Waals surface area contributed by atoms with E-state index in [0.717, 1.165) is 13.0 Å². The van der Waals surface area contributed by atoms with Crippen molar-refractivity contribution in [2.24, 2.45) is 5.92 Å². The minimum absolute atomic E-state index is 0.280. The van der Waals surface area contributed by atoms with Crippen LogP contribution in [0.3, 0.4) is 0 Å². The van der Waals surface area contributed by atoms with Crippen LogP contribution in [0.1, 0.15) is 36.8 Å². The summed E-state index contributed by atoms with van der Waals surface area (Å²) < 4.78 is 0. The molecule has 1 saturated carbocycles. The molecule has 4 nitrogen and oxygen atoms in total. The van der Waals surface area contributed by atoms with Gasteiger partial charge in [0.15, 0.2) is 0 Å². The van der Waals surface area contributed by atoms with Crippen LogP contribution in [-0.4, -0.2) is 34.9 Å². The van der Waals surface area contributed by atoms with Crippen LogP contribution in [0.2, 0.25) is 0 Å². The first-order valence-electron chi connectivity index (χ1n) is 7.71. The number of aliphatic hydroxyl groups is 1. The molecule has 1 aliphatic rings. The average molecular weight is 291 g/mol. The highest BCUT2D eigenvalue weighted by Crippen LogP contribution is 2.31. The SMILES string of the molecule is Cc1ccccc1CCNCC1(O)CCC(C(=O)O)CC1. The molecule has 1 aliphatic carbocycles. The highest BCUT2D eigenvalue weighted by molar-refractivity contribution is 5.70. The lowest BCUT2D eigenvalue weighted by Crippen LogP contribution is -2.44. The van der Waals surface area contributed by atoms with Crippen molar-refractivity contribution in [3.63, 3.8) is 0 Å². The Hall–Kier alpha value is -1.39. The predicted octanol–water partition coefficient (Wildman–Crippen LogP) is 2.13. The highest BCUT2D eigenvalue weighted by atomic mass is 16.4. The maximum absolute atomic E-state index is 10.9. The number of benzene rings is 1. The zero-order valence-electron chi connectivity index (χ0n) is 12.6. The standard InChI is InChI=1S/C17H25NO3/c1-13-4-2-3-5-14(13)8-11-18-12-17(21)9-6-15(7-10-17)16(19)20/h2-5,15,18,21H,6-12H2,1H3,(H,19,20). The Morgan fingerprint density at radius 1 is 1.33 bits per heavy atom. The van der Waals surface area contributed by atoms with Gasteiger partial charge in [-0.3, -0.25) is 4.79 Å². The summed E-state index contributed by atoms with van der Waals surface area (Å²) in [5.74, 6) is -1.01. The average Bonchev–Trinajstić information content (AvgIpc) is 2.46. The number of aliphatic carboxylic acids is 1. The number of hydrogen-bond donors (Lipinski definition) is 3. The van der Waals surface area contributed by atoms with Gasteiger partial charge in [0.25, 0.3) is 0 Å². The topological polar surface area (TPSA) is 69.6 Å². The van der Waals surface area contributed by atoms with Crippen LogP contribution in [-0.2, 0) is 11.2 Å². The van der Waals surface area contributed by atoms with Gasteiger partial charge in [-0.05, 0) is 56.7 Å². The maximum atomic E-state index is 10.9. The highest BCUT2D eigenvalue weighted by Gasteiger charge is 2.35. The summed E-state index contributed by atoms with van der Waals surface area (Å²) in [7, 11) is 0. The van der Waals surface area contributed by atoms with Gasteiger partial charge in [-0.25, -0.2) is 0 Å². The Morgan fingerprint density at radius 3 is 2.62 bits per heavy atom. The lowest BCUT2D eigenvalue weighted by molar-refractivity contribution is -0.144. The van der Waals surface area contributed by atoms with Gasteiger partial charge in [-0.2, -0.15) is 0 Å². The zero-order valence-corrected chi connectivity index (χ0v) is 12.6. The van der Waals surface area contributed by atoms with E-state index in [1.807, 2.05) is 12.1 Å². The Kier molecular flexibility index (Phi) is 5.37. The number of aryl methyl sites for hydroxylation is 1. The quantitative estimate of drug-likeness (QED) is 0.702. The van der Waals surface area contributed by atoms with Gasteiger partial charge in [0.05, 0.1) is 11.5 Å². The van der Waals surface area contributed by atoms with Gasteiger partial charge in [-0.15, -0.1) is 0 Å². The lowest BCUT2D eigenvalue weighted by atomic mass is 9.79. The van der Waals surface area contributed by atoms with E-state index in [2.05, 4.69) is 24.4 Å². The molecule has 0 unspecified atom stereocenters. The Morgan fingerprint density at radius 2 is 2.00 bits per heavy atom. The van der Waals surface area contributed by atoms with Gasteiger partial charge in [0.2, 0.25) is 0 Å². The van der Waals surface area contributed by atoms with Crippen LogP contribution in [0, 0.1) is 12.8 Å². The summed E-state index contributed by atoms with van der Waals surface area (Å²) in [5, 5.41) is 22.8. The van der Waals surface area contributed by atoms with E-state index in [4.69, 9.17) is 5.11 Å². The van der Waals surface area contributed by atoms with Crippen molar-refractivity contribution in [3.05, 3.63) is 35.4 Å². The molecule has 0 bridgehead atoms. The van der Waals surface area contributed by atoms with Crippen LogP contribution in [0.4, 0.5) is 0 Å². The molecule has 0 spiro atoms. The second-order valence-electron chi connectivity index (χ2n) is 6.19. The van der Waals surface area contributed by atoms with E-state index in [-0.39, 0.29) is 5.92 Å². The third-order valence-corrected chi connectivity index (χ3v) is 4.55. The predicted molar refractivity (Wildman–Crippen MR) is 82.3 cm³/mol. The summed E-state index contributed by atoms with van der Waals surface area (Å²) in [6, 6.07) is 8.32. The zero-order chi connectivity index (χ0) is 15.3. The van der Waals surface area contributed by atoms with E-state index in [0.29, 0.717) is 32.2 Å². The van der Waals surface area contributed by atoms with Crippen LogP contribution >= 0.6 is 0 Å². The summed E-state index contributed by atoms with van der Waals surface area (Å²) >= 11 is 0. The number of carboxylic acids is 1. The number of hydrogen-bond acceptors (Lipinski definition) is 3. The fraction of sp³-hybridized carbons (Fsp3) is 0.588. The molecule has 21 heavy (non-hydrogen) atoms.